The second-order valence-corrected chi connectivity index (χ2v) is 8.83. The van der Waals surface area contributed by atoms with Crippen LogP contribution in [0.4, 0.5) is 0 Å². The summed E-state index contributed by atoms with van der Waals surface area (Å²) in [4.78, 5) is 11.3. The Morgan fingerprint density at radius 2 is 1.79 bits per heavy atom. The smallest absolute Gasteiger partial charge is 0.151 e. The molecule has 7 heteroatoms. The summed E-state index contributed by atoms with van der Waals surface area (Å²) in [7, 11) is 2.11. The van der Waals surface area contributed by atoms with Crippen molar-refractivity contribution in [2.75, 3.05) is 7.05 Å². The second kappa shape index (κ2) is 7.50. The molecule has 3 aromatic rings. The fourth-order valence-electron chi connectivity index (χ4n) is 4.77. The minimum absolute atomic E-state index is 0.414. The van der Waals surface area contributed by atoms with Crippen LogP contribution in [0.3, 0.4) is 0 Å². The molecule has 3 heterocycles. The van der Waals surface area contributed by atoms with E-state index in [4.69, 9.17) is 16.6 Å². The Hall–Kier alpha value is -2.31. The van der Waals surface area contributed by atoms with Gasteiger partial charge in [0.1, 0.15) is 5.82 Å². The van der Waals surface area contributed by atoms with Gasteiger partial charge in [-0.1, -0.05) is 11.6 Å². The van der Waals surface area contributed by atoms with Gasteiger partial charge >= 0.3 is 0 Å². The lowest BCUT2D eigenvalue weighted by Crippen LogP contribution is -2.18. The van der Waals surface area contributed by atoms with Crippen molar-refractivity contribution in [3.05, 3.63) is 64.2 Å². The van der Waals surface area contributed by atoms with E-state index in [1.165, 1.54) is 11.3 Å². The SMILES string of the molecule is Cc1cncc(C2CCC(c3nnc4n3-c3ccc(Cl)cc3CN(C)C4)CC2)n1. The highest BCUT2D eigenvalue weighted by Gasteiger charge is 2.31. The lowest BCUT2D eigenvalue weighted by molar-refractivity contribution is 0.315. The zero-order valence-electron chi connectivity index (χ0n) is 16.8. The van der Waals surface area contributed by atoms with Gasteiger partial charge in [-0.3, -0.25) is 19.4 Å². The van der Waals surface area contributed by atoms with Gasteiger partial charge in [0.25, 0.3) is 0 Å². The molecule has 1 fully saturated rings. The number of hydrogen-bond acceptors (Lipinski definition) is 5. The molecular weight excluding hydrogens is 384 g/mol. The molecule has 0 unspecified atom stereocenters. The first-order chi connectivity index (χ1) is 14.1. The van der Waals surface area contributed by atoms with Crippen molar-refractivity contribution in [1.82, 2.24) is 29.6 Å². The first kappa shape index (κ1) is 18.7. The van der Waals surface area contributed by atoms with E-state index in [1.807, 2.05) is 25.4 Å². The summed E-state index contributed by atoms with van der Waals surface area (Å²) in [5.74, 6) is 3.00. The van der Waals surface area contributed by atoms with Crippen LogP contribution < -0.4 is 0 Å². The molecule has 1 aliphatic carbocycles. The molecule has 150 valence electrons. The Kier molecular flexibility index (Phi) is 4.84. The number of benzene rings is 1. The number of fused-ring (bicyclic) bond motifs is 3. The largest absolute Gasteiger partial charge is 0.295 e. The normalized spacial score (nSPS) is 22.0. The summed E-state index contributed by atoms with van der Waals surface area (Å²) in [5, 5.41) is 10.00. The predicted octanol–water partition coefficient (Wildman–Crippen LogP) is 4.41. The van der Waals surface area contributed by atoms with Gasteiger partial charge in [-0.15, -0.1) is 10.2 Å². The number of rotatable bonds is 2. The molecule has 0 spiro atoms. The minimum atomic E-state index is 0.414. The molecule has 2 aliphatic rings. The summed E-state index contributed by atoms with van der Waals surface area (Å²) in [6.07, 6.45) is 8.16. The van der Waals surface area contributed by atoms with Gasteiger partial charge < -0.3 is 0 Å². The van der Waals surface area contributed by atoms with Gasteiger partial charge in [0.15, 0.2) is 5.82 Å². The maximum atomic E-state index is 6.28. The van der Waals surface area contributed by atoms with E-state index in [9.17, 15) is 0 Å². The summed E-state index contributed by atoms with van der Waals surface area (Å²) < 4.78 is 2.28. The van der Waals surface area contributed by atoms with E-state index in [-0.39, 0.29) is 0 Å². The quantitative estimate of drug-likeness (QED) is 0.628. The molecule has 0 atom stereocenters. The molecule has 0 N–H and O–H groups in total. The number of halogens is 1. The Bertz CT molecular complexity index is 1040. The topological polar surface area (TPSA) is 59.7 Å². The minimum Gasteiger partial charge on any atom is -0.295 e. The standard InChI is InChI=1S/C22H25ClN6/c1-14-10-24-11-19(25-14)15-3-5-16(6-4-15)22-27-26-21-13-28(2)12-17-9-18(23)7-8-20(17)29(21)22/h7-11,15-16H,3-6,12-13H2,1-2H3. The van der Waals surface area contributed by atoms with E-state index in [1.54, 1.807) is 0 Å². The van der Waals surface area contributed by atoms with Crippen molar-refractivity contribution in [3.63, 3.8) is 0 Å². The number of aryl methyl sites for hydroxylation is 1. The highest BCUT2D eigenvalue weighted by atomic mass is 35.5. The van der Waals surface area contributed by atoms with Crippen LogP contribution in [0.5, 0.6) is 0 Å². The molecule has 29 heavy (non-hydrogen) atoms. The average molecular weight is 409 g/mol. The van der Waals surface area contributed by atoms with Crippen molar-refractivity contribution >= 4 is 11.6 Å². The fraction of sp³-hybridized carbons (Fsp3) is 0.455. The molecule has 5 rings (SSSR count). The van der Waals surface area contributed by atoms with Crippen LogP contribution in [0, 0.1) is 6.92 Å². The Morgan fingerprint density at radius 3 is 2.59 bits per heavy atom. The summed E-state index contributed by atoms with van der Waals surface area (Å²) in [5.41, 5.74) is 4.51. The van der Waals surface area contributed by atoms with Gasteiger partial charge in [0.2, 0.25) is 0 Å². The summed E-state index contributed by atoms with van der Waals surface area (Å²) in [6.45, 7) is 3.65. The van der Waals surface area contributed by atoms with Gasteiger partial charge in [0.05, 0.1) is 23.6 Å². The van der Waals surface area contributed by atoms with Crippen molar-refractivity contribution in [2.45, 2.75) is 57.5 Å². The first-order valence-corrected chi connectivity index (χ1v) is 10.7. The van der Waals surface area contributed by atoms with Crippen molar-refractivity contribution < 1.29 is 0 Å². The fourth-order valence-corrected chi connectivity index (χ4v) is 4.97. The summed E-state index contributed by atoms with van der Waals surface area (Å²) in [6, 6.07) is 6.15. The number of hydrogen-bond donors (Lipinski definition) is 0. The van der Waals surface area contributed by atoms with Crippen LogP contribution in [0.1, 0.15) is 66.1 Å². The number of nitrogens with zero attached hydrogens (tertiary/aromatic N) is 6. The van der Waals surface area contributed by atoms with Crippen LogP contribution in [0.15, 0.2) is 30.6 Å². The number of aromatic nitrogens is 5. The second-order valence-electron chi connectivity index (χ2n) is 8.39. The van der Waals surface area contributed by atoms with Crippen molar-refractivity contribution in [1.29, 1.82) is 0 Å². The average Bonchev–Trinajstić information content (AvgIpc) is 3.05. The lowest BCUT2D eigenvalue weighted by Gasteiger charge is -2.28. The van der Waals surface area contributed by atoms with Crippen LogP contribution in [0.25, 0.3) is 5.69 Å². The zero-order chi connectivity index (χ0) is 20.0. The van der Waals surface area contributed by atoms with Crippen molar-refractivity contribution in [2.24, 2.45) is 0 Å². The van der Waals surface area contributed by atoms with Crippen LogP contribution in [0.2, 0.25) is 5.02 Å². The van der Waals surface area contributed by atoms with Gasteiger partial charge in [-0.25, -0.2) is 0 Å². The summed E-state index contributed by atoms with van der Waals surface area (Å²) >= 11 is 6.28. The van der Waals surface area contributed by atoms with Gasteiger partial charge in [-0.05, 0) is 63.4 Å². The Balaban J connectivity index is 1.44. The van der Waals surface area contributed by atoms with Crippen LogP contribution >= 0.6 is 11.6 Å². The molecule has 0 bridgehead atoms. The maximum absolute atomic E-state index is 6.28. The van der Waals surface area contributed by atoms with E-state index in [0.717, 1.165) is 66.8 Å². The molecule has 6 nitrogen and oxygen atoms in total. The molecular formula is C22H25ClN6. The molecule has 1 saturated carbocycles. The highest BCUT2D eigenvalue weighted by molar-refractivity contribution is 6.30. The molecule has 2 aromatic heterocycles. The third-order valence-corrected chi connectivity index (χ3v) is 6.41. The van der Waals surface area contributed by atoms with E-state index in [2.05, 4.69) is 43.8 Å². The lowest BCUT2D eigenvalue weighted by atomic mass is 9.80. The third-order valence-electron chi connectivity index (χ3n) is 6.17. The molecule has 0 radical (unpaired) electrons. The predicted molar refractivity (Wildman–Crippen MR) is 112 cm³/mol. The highest BCUT2D eigenvalue weighted by Crippen LogP contribution is 2.40. The Labute approximate surface area is 176 Å². The van der Waals surface area contributed by atoms with Gasteiger partial charge in [-0.2, -0.15) is 0 Å². The van der Waals surface area contributed by atoms with Crippen molar-refractivity contribution in [3.8, 4) is 5.69 Å². The maximum Gasteiger partial charge on any atom is 0.151 e. The van der Waals surface area contributed by atoms with E-state index >= 15 is 0 Å². The van der Waals surface area contributed by atoms with E-state index < -0.39 is 0 Å². The molecule has 0 saturated heterocycles. The van der Waals surface area contributed by atoms with Crippen LogP contribution in [-0.4, -0.2) is 36.7 Å². The zero-order valence-corrected chi connectivity index (χ0v) is 17.6. The molecule has 0 amide bonds. The first-order valence-electron chi connectivity index (χ1n) is 10.3. The van der Waals surface area contributed by atoms with E-state index in [0.29, 0.717) is 11.8 Å². The third kappa shape index (κ3) is 3.55. The molecule has 1 aliphatic heterocycles. The monoisotopic (exact) mass is 408 g/mol. The molecule has 1 aromatic carbocycles. The van der Waals surface area contributed by atoms with Gasteiger partial charge in [0, 0.05) is 35.8 Å². The van der Waals surface area contributed by atoms with Crippen LogP contribution in [-0.2, 0) is 13.1 Å². The Morgan fingerprint density at radius 1 is 1.00 bits per heavy atom.